The van der Waals surface area contributed by atoms with E-state index >= 15 is 0 Å². The second kappa shape index (κ2) is 6.03. The normalized spacial score (nSPS) is 10.5. The quantitative estimate of drug-likeness (QED) is 0.733. The van der Waals surface area contributed by atoms with Crippen LogP contribution in [-0.4, -0.2) is 5.78 Å². The molecule has 2 aromatic rings. The fourth-order valence-electron chi connectivity index (χ4n) is 2.01. The van der Waals surface area contributed by atoms with Gasteiger partial charge in [0.25, 0.3) is 0 Å². The van der Waals surface area contributed by atoms with Gasteiger partial charge in [-0.05, 0) is 55.2 Å². The fourth-order valence-corrected chi connectivity index (χ4v) is 2.22. The summed E-state index contributed by atoms with van der Waals surface area (Å²) in [5.41, 5.74) is 4.27. The molecule has 0 aliphatic heterocycles. The molecule has 0 saturated carbocycles. The summed E-state index contributed by atoms with van der Waals surface area (Å²) in [5, 5.41) is 0.719. The highest BCUT2D eigenvalue weighted by atomic mass is 35.5. The van der Waals surface area contributed by atoms with Gasteiger partial charge in [0.15, 0.2) is 5.78 Å². The Morgan fingerprint density at radius 1 is 1.05 bits per heavy atom. The smallest absolute Gasteiger partial charge is 0.163 e. The summed E-state index contributed by atoms with van der Waals surface area (Å²) in [7, 11) is 0. The Labute approximate surface area is 119 Å². The molecule has 0 fully saturated rings. The summed E-state index contributed by atoms with van der Waals surface area (Å²) in [6.07, 6.45) is 1.25. The van der Waals surface area contributed by atoms with Crippen LogP contribution in [0.25, 0.3) is 0 Å². The minimum absolute atomic E-state index is 0.183. The number of Topliss-reactive ketones (excluding diaryl/α,β-unsaturated/α-hetero) is 1. The first kappa shape index (κ1) is 13.8. The van der Waals surface area contributed by atoms with Crippen molar-refractivity contribution >= 4 is 17.4 Å². The Hall–Kier alpha value is -1.60. The van der Waals surface area contributed by atoms with Crippen LogP contribution in [0, 0.1) is 13.8 Å². The molecule has 2 heteroatoms. The number of hydrogen-bond acceptors (Lipinski definition) is 1. The largest absolute Gasteiger partial charge is 0.294 e. The minimum atomic E-state index is 0.183. The number of hydrogen-bond donors (Lipinski definition) is 0. The number of ketones is 1. The zero-order valence-corrected chi connectivity index (χ0v) is 12.0. The van der Waals surface area contributed by atoms with Gasteiger partial charge in [0.1, 0.15) is 0 Å². The first-order chi connectivity index (χ1) is 9.06. The molecule has 0 aliphatic rings. The maximum Gasteiger partial charge on any atom is 0.163 e. The molecule has 0 radical (unpaired) electrons. The van der Waals surface area contributed by atoms with Gasteiger partial charge in [-0.15, -0.1) is 0 Å². The fraction of sp³-hybridized carbons (Fsp3) is 0.235. The average molecular weight is 273 g/mol. The number of aryl methyl sites for hydroxylation is 3. The molecular formula is C17H17ClO. The van der Waals surface area contributed by atoms with Crippen molar-refractivity contribution in [3.8, 4) is 0 Å². The number of carbonyl (C=O) groups is 1. The molecule has 0 amide bonds. The summed E-state index contributed by atoms with van der Waals surface area (Å²) in [5.74, 6) is 0.183. The van der Waals surface area contributed by atoms with Crippen LogP contribution < -0.4 is 0 Å². The van der Waals surface area contributed by atoms with E-state index in [0.717, 1.165) is 28.1 Å². The number of halogens is 1. The molecule has 0 spiro atoms. The van der Waals surface area contributed by atoms with E-state index in [1.54, 1.807) is 0 Å². The standard InChI is InChI=1S/C17H17ClO/c1-12-6-8-15(10-13(12)2)17(19)9-7-14-4-3-5-16(18)11-14/h3-6,8,10-11H,7,9H2,1-2H3. The molecule has 2 rings (SSSR count). The van der Waals surface area contributed by atoms with Gasteiger partial charge in [0.05, 0.1) is 0 Å². The first-order valence-corrected chi connectivity index (χ1v) is 6.79. The van der Waals surface area contributed by atoms with Crippen LogP contribution in [0.15, 0.2) is 42.5 Å². The van der Waals surface area contributed by atoms with Crippen molar-refractivity contribution in [2.24, 2.45) is 0 Å². The van der Waals surface area contributed by atoms with Crippen LogP contribution >= 0.6 is 11.6 Å². The van der Waals surface area contributed by atoms with E-state index in [-0.39, 0.29) is 5.78 Å². The van der Waals surface area contributed by atoms with Crippen LogP contribution in [0.3, 0.4) is 0 Å². The maximum atomic E-state index is 12.1. The highest BCUT2D eigenvalue weighted by Gasteiger charge is 2.07. The van der Waals surface area contributed by atoms with Gasteiger partial charge in [0.2, 0.25) is 0 Å². The van der Waals surface area contributed by atoms with Gasteiger partial charge in [-0.25, -0.2) is 0 Å². The highest BCUT2D eigenvalue weighted by molar-refractivity contribution is 6.30. The highest BCUT2D eigenvalue weighted by Crippen LogP contribution is 2.15. The molecule has 19 heavy (non-hydrogen) atoms. The van der Waals surface area contributed by atoms with Crippen molar-refractivity contribution in [2.45, 2.75) is 26.7 Å². The zero-order chi connectivity index (χ0) is 13.8. The molecule has 0 unspecified atom stereocenters. The second-order valence-electron chi connectivity index (χ2n) is 4.85. The van der Waals surface area contributed by atoms with E-state index < -0.39 is 0 Å². The van der Waals surface area contributed by atoms with Crippen LogP contribution in [0.2, 0.25) is 5.02 Å². The van der Waals surface area contributed by atoms with Crippen molar-refractivity contribution in [2.75, 3.05) is 0 Å². The Balaban J connectivity index is 2.03. The lowest BCUT2D eigenvalue weighted by Crippen LogP contribution is -2.02. The van der Waals surface area contributed by atoms with Gasteiger partial charge >= 0.3 is 0 Å². The lowest BCUT2D eigenvalue weighted by atomic mass is 9.99. The van der Waals surface area contributed by atoms with E-state index in [1.165, 1.54) is 5.56 Å². The molecule has 1 nitrogen and oxygen atoms in total. The molecule has 0 bridgehead atoms. The maximum absolute atomic E-state index is 12.1. The van der Waals surface area contributed by atoms with Crippen molar-refractivity contribution in [3.63, 3.8) is 0 Å². The molecule has 98 valence electrons. The van der Waals surface area contributed by atoms with Crippen molar-refractivity contribution in [3.05, 3.63) is 69.7 Å². The van der Waals surface area contributed by atoms with E-state index in [0.29, 0.717) is 6.42 Å². The molecule has 0 aliphatic carbocycles. The van der Waals surface area contributed by atoms with Crippen LogP contribution in [0.4, 0.5) is 0 Å². The lowest BCUT2D eigenvalue weighted by Gasteiger charge is -2.05. The van der Waals surface area contributed by atoms with Gasteiger partial charge in [-0.2, -0.15) is 0 Å². The van der Waals surface area contributed by atoms with Gasteiger partial charge < -0.3 is 0 Å². The van der Waals surface area contributed by atoms with Gasteiger partial charge in [-0.3, -0.25) is 4.79 Å². The van der Waals surface area contributed by atoms with Crippen molar-refractivity contribution in [1.29, 1.82) is 0 Å². The third-order valence-electron chi connectivity index (χ3n) is 3.36. The SMILES string of the molecule is Cc1ccc(C(=O)CCc2cccc(Cl)c2)cc1C. The molecule has 0 N–H and O–H groups in total. The molecule has 0 saturated heterocycles. The number of rotatable bonds is 4. The lowest BCUT2D eigenvalue weighted by molar-refractivity contribution is 0.0983. The summed E-state index contributed by atoms with van der Waals surface area (Å²) < 4.78 is 0. The number of benzene rings is 2. The second-order valence-corrected chi connectivity index (χ2v) is 5.29. The van der Waals surface area contributed by atoms with Gasteiger partial charge in [-0.1, -0.05) is 35.9 Å². The van der Waals surface area contributed by atoms with E-state index in [4.69, 9.17) is 11.6 Å². The van der Waals surface area contributed by atoms with Crippen LogP contribution in [0.1, 0.15) is 33.5 Å². The molecule has 0 heterocycles. The monoisotopic (exact) mass is 272 g/mol. The summed E-state index contributed by atoms with van der Waals surface area (Å²) in [4.78, 5) is 12.1. The predicted molar refractivity (Wildman–Crippen MR) is 80.0 cm³/mol. The zero-order valence-electron chi connectivity index (χ0n) is 11.2. The molecule has 0 atom stereocenters. The van der Waals surface area contributed by atoms with E-state index in [2.05, 4.69) is 6.92 Å². The topological polar surface area (TPSA) is 17.1 Å². The molecular weight excluding hydrogens is 256 g/mol. The third kappa shape index (κ3) is 3.68. The molecule has 0 aromatic heterocycles. The number of carbonyl (C=O) groups excluding carboxylic acids is 1. The predicted octanol–water partition coefficient (Wildman–Crippen LogP) is 4.77. The summed E-state index contributed by atoms with van der Waals surface area (Å²) >= 11 is 5.93. The average Bonchev–Trinajstić information content (AvgIpc) is 2.39. The van der Waals surface area contributed by atoms with Crippen LogP contribution in [0.5, 0.6) is 0 Å². The van der Waals surface area contributed by atoms with Crippen LogP contribution in [-0.2, 0) is 6.42 Å². The van der Waals surface area contributed by atoms with Gasteiger partial charge in [0, 0.05) is 17.0 Å². The Bertz CT molecular complexity index is 602. The van der Waals surface area contributed by atoms with E-state index in [9.17, 15) is 4.79 Å². The summed E-state index contributed by atoms with van der Waals surface area (Å²) in [6.45, 7) is 4.08. The Kier molecular flexibility index (Phi) is 4.39. The third-order valence-corrected chi connectivity index (χ3v) is 3.59. The Morgan fingerprint density at radius 2 is 1.84 bits per heavy atom. The Morgan fingerprint density at radius 3 is 2.53 bits per heavy atom. The van der Waals surface area contributed by atoms with Crippen molar-refractivity contribution < 1.29 is 4.79 Å². The first-order valence-electron chi connectivity index (χ1n) is 6.41. The molecule has 2 aromatic carbocycles. The van der Waals surface area contributed by atoms with Crippen molar-refractivity contribution in [1.82, 2.24) is 0 Å². The van der Waals surface area contributed by atoms with E-state index in [1.807, 2.05) is 49.4 Å². The summed E-state index contributed by atoms with van der Waals surface area (Å²) in [6, 6.07) is 13.5. The minimum Gasteiger partial charge on any atom is -0.294 e.